The number of halogens is 1. The number of rotatable bonds is 5. The molecule has 3 nitrogen and oxygen atoms in total. The molecule has 0 saturated heterocycles. The van der Waals surface area contributed by atoms with Crippen molar-refractivity contribution in [2.24, 2.45) is 0 Å². The van der Waals surface area contributed by atoms with E-state index in [-0.39, 0.29) is 11.9 Å². The molecule has 2 rings (SSSR count). The highest BCUT2D eigenvalue weighted by atomic mass is 35.5. The van der Waals surface area contributed by atoms with Crippen molar-refractivity contribution in [3.8, 4) is 0 Å². The number of anilines is 1. The van der Waals surface area contributed by atoms with Crippen molar-refractivity contribution in [2.45, 2.75) is 25.8 Å². The second-order valence-electron chi connectivity index (χ2n) is 5.09. The molecule has 21 heavy (non-hydrogen) atoms. The van der Waals surface area contributed by atoms with Crippen molar-refractivity contribution in [2.75, 3.05) is 5.73 Å². The number of benzene rings is 2. The minimum Gasteiger partial charge on any atom is -0.399 e. The van der Waals surface area contributed by atoms with Crippen LogP contribution >= 0.6 is 11.6 Å². The molecule has 0 radical (unpaired) electrons. The molecule has 0 spiro atoms. The molecule has 0 heterocycles. The van der Waals surface area contributed by atoms with Crippen LogP contribution in [0.2, 0.25) is 5.02 Å². The summed E-state index contributed by atoms with van der Waals surface area (Å²) in [5.41, 5.74) is 8.56. The van der Waals surface area contributed by atoms with Gasteiger partial charge in [-0.15, -0.1) is 0 Å². The highest BCUT2D eigenvalue weighted by molar-refractivity contribution is 6.30. The third kappa shape index (κ3) is 4.80. The van der Waals surface area contributed by atoms with Gasteiger partial charge in [-0.25, -0.2) is 0 Å². The van der Waals surface area contributed by atoms with E-state index in [9.17, 15) is 4.79 Å². The van der Waals surface area contributed by atoms with Crippen LogP contribution in [-0.2, 0) is 11.2 Å². The first-order valence-electron chi connectivity index (χ1n) is 6.94. The van der Waals surface area contributed by atoms with Gasteiger partial charge in [0, 0.05) is 17.1 Å². The quantitative estimate of drug-likeness (QED) is 0.827. The molecule has 0 aliphatic carbocycles. The summed E-state index contributed by atoms with van der Waals surface area (Å²) in [6.07, 6.45) is 1.13. The molecule has 0 aliphatic rings. The van der Waals surface area contributed by atoms with Gasteiger partial charge in [0.25, 0.3) is 0 Å². The smallest absolute Gasteiger partial charge is 0.220 e. The monoisotopic (exact) mass is 302 g/mol. The van der Waals surface area contributed by atoms with Crippen LogP contribution in [0.15, 0.2) is 48.5 Å². The van der Waals surface area contributed by atoms with Crippen LogP contribution in [0.5, 0.6) is 0 Å². The molecule has 0 aliphatic heterocycles. The van der Waals surface area contributed by atoms with Crippen LogP contribution in [0.1, 0.15) is 30.5 Å². The van der Waals surface area contributed by atoms with Crippen molar-refractivity contribution in [1.82, 2.24) is 5.32 Å². The van der Waals surface area contributed by atoms with Crippen LogP contribution in [0.4, 0.5) is 5.69 Å². The lowest BCUT2D eigenvalue weighted by Gasteiger charge is -2.14. The Morgan fingerprint density at radius 3 is 2.62 bits per heavy atom. The molecular formula is C17H19ClN2O. The fraction of sp³-hybridized carbons (Fsp3) is 0.235. The number of hydrogen-bond acceptors (Lipinski definition) is 2. The Balaban J connectivity index is 1.85. The van der Waals surface area contributed by atoms with Gasteiger partial charge in [-0.2, -0.15) is 0 Å². The van der Waals surface area contributed by atoms with Gasteiger partial charge in [0.2, 0.25) is 5.91 Å². The number of carbonyl (C=O) groups excluding carboxylic acids is 1. The van der Waals surface area contributed by atoms with E-state index < -0.39 is 0 Å². The van der Waals surface area contributed by atoms with E-state index in [0.717, 1.165) is 16.8 Å². The molecule has 0 unspecified atom stereocenters. The molecule has 110 valence electrons. The van der Waals surface area contributed by atoms with Crippen LogP contribution in [0, 0.1) is 0 Å². The van der Waals surface area contributed by atoms with Gasteiger partial charge in [0.05, 0.1) is 6.04 Å². The predicted molar refractivity (Wildman–Crippen MR) is 87.2 cm³/mol. The summed E-state index contributed by atoms with van der Waals surface area (Å²) in [6, 6.07) is 15.1. The maximum atomic E-state index is 12.0. The van der Waals surface area contributed by atoms with Crippen molar-refractivity contribution in [3.05, 3.63) is 64.7 Å². The predicted octanol–water partition coefficient (Wildman–Crippen LogP) is 3.73. The van der Waals surface area contributed by atoms with Crippen molar-refractivity contribution in [1.29, 1.82) is 0 Å². The largest absolute Gasteiger partial charge is 0.399 e. The lowest BCUT2D eigenvalue weighted by atomic mass is 10.1. The Morgan fingerprint density at radius 2 is 1.95 bits per heavy atom. The second-order valence-corrected chi connectivity index (χ2v) is 5.52. The van der Waals surface area contributed by atoms with Gasteiger partial charge >= 0.3 is 0 Å². The zero-order valence-corrected chi connectivity index (χ0v) is 12.7. The summed E-state index contributed by atoms with van der Waals surface area (Å²) >= 11 is 5.85. The summed E-state index contributed by atoms with van der Waals surface area (Å²) in [5.74, 6) is 0.0277. The molecule has 0 aromatic heterocycles. The second kappa shape index (κ2) is 7.14. The Kier molecular flexibility index (Phi) is 5.23. The molecule has 0 fully saturated rings. The van der Waals surface area contributed by atoms with E-state index in [0.29, 0.717) is 17.9 Å². The number of nitrogen functional groups attached to an aromatic ring is 1. The molecule has 2 aromatic rings. The van der Waals surface area contributed by atoms with E-state index in [1.807, 2.05) is 55.5 Å². The van der Waals surface area contributed by atoms with Crippen molar-refractivity contribution < 1.29 is 4.79 Å². The van der Waals surface area contributed by atoms with E-state index in [2.05, 4.69) is 5.32 Å². The lowest BCUT2D eigenvalue weighted by molar-refractivity contribution is -0.121. The van der Waals surface area contributed by atoms with Gasteiger partial charge in [-0.05, 0) is 48.7 Å². The number of carbonyl (C=O) groups is 1. The lowest BCUT2D eigenvalue weighted by Crippen LogP contribution is -2.26. The third-order valence-electron chi connectivity index (χ3n) is 3.34. The van der Waals surface area contributed by atoms with Crippen LogP contribution in [0.3, 0.4) is 0 Å². The Labute approximate surface area is 130 Å². The van der Waals surface area contributed by atoms with Crippen LogP contribution < -0.4 is 11.1 Å². The first-order valence-corrected chi connectivity index (χ1v) is 7.31. The van der Waals surface area contributed by atoms with Gasteiger partial charge in [0.15, 0.2) is 0 Å². The fourth-order valence-corrected chi connectivity index (χ4v) is 2.28. The van der Waals surface area contributed by atoms with E-state index in [4.69, 9.17) is 17.3 Å². The van der Waals surface area contributed by atoms with Crippen molar-refractivity contribution in [3.63, 3.8) is 0 Å². The summed E-state index contributed by atoms with van der Waals surface area (Å²) in [4.78, 5) is 12.0. The molecule has 2 aromatic carbocycles. The number of amides is 1. The molecular weight excluding hydrogens is 284 g/mol. The van der Waals surface area contributed by atoms with Gasteiger partial charge in [-0.1, -0.05) is 35.9 Å². The van der Waals surface area contributed by atoms with Gasteiger partial charge in [0.1, 0.15) is 0 Å². The molecule has 1 atom stereocenters. The zero-order valence-electron chi connectivity index (χ0n) is 12.0. The van der Waals surface area contributed by atoms with Crippen molar-refractivity contribution >= 4 is 23.2 Å². The Morgan fingerprint density at radius 1 is 1.24 bits per heavy atom. The zero-order chi connectivity index (χ0) is 15.2. The van der Waals surface area contributed by atoms with E-state index in [1.54, 1.807) is 0 Å². The Bertz CT molecular complexity index is 610. The van der Waals surface area contributed by atoms with E-state index >= 15 is 0 Å². The number of nitrogens with one attached hydrogen (secondary N) is 1. The fourth-order valence-electron chi connectivity index (χ4n) is 2.15. The number of aryl methyl sites for hydroxylation is 1. The number of nitrogens with two attached hydrogens (primary N) is 1. The summed E-state index contributed by atoms with van der Waals surface area (Å²) in [6.45, 7) is 1.96. The summed E-state index contributed by atoms with van der Waals surface area (Å²) < 4.78 is 0. The van der Waals surface area contributed by atoms with Gasteiger partial charge < -0.3 is 11.1 Å². The minimum atomic E-state index is -0.0318. The third-order valence-corrected chi connectivity index (χ3v) is 3.59. The normalized spacial score (nSPS) is 11.9. The molecule has 3 N–H and O–H groups in total. The summed E-state index contributed by atoms with van der Waals surface area (Å²) in [7, 11) is 0. The SMILES string of the molecule is C[C@@H](NC(=O)CCc1cccc(N)c1)c1ccc(Cl)cc1. The van der Waals surface area contributed by atoms with Gasteiger partial charge in [-0.3, -0.25) is 4.79 Å². The first kappa shape index (κ1) is 15.4. The first-order chi connectivity index (χ1) is 10.0. The summed E-state index contributed by atoms with van der Waals surface area (Å²) in [5, 5.41) is 3.68. The topological polar surface area (TPSA) is 55.1 Å². The minimum absolute atomic E-state index is 0.0277. The van der Waals surface area contributed by atoms with Crippen LogP contribution in [-0.4, -0.2) is 5.91 Å². The molecule has 0 bridgehead atoms. The standard InChI is InChI=1S/C17H19ClN2O/c1-12(14-6-8-15(18)9-7-14)20-17(21)10-5-13-3-2-4-16(19)11-13/h2-4,6-9,11-12H,5,10,19H2,1H3,(H,20,21)/t12-/m1/s1. The molecule has 0 saturated carbocycles. The number of hydrogen-bond donors (Lipinski definition) is 2. The van der Waals surface area contributed by atoms with E-state index in [1.165, 1.54) is 0 Å². The van der Waals surface area contributed by atoms with Crippen LogP contribution in [0.25, 0.3) is 0 Å². The Hall–Kier alpha value is -2.00. The maximum absolute atomic E-state index is 12.0. The molecule has 1 amide bonds. The average Bonchev–Trinajstić information content (AvgIpc) is 2.46. The highest BCUT2D eigenvalue weighted by Crippen LogP contribution is 2.16. The highest BCUT2D eigenvalue weighted by Gasteiger charge is 2.09. The maximum Gasteiger partial charge on any atom is 0.220 e. The average molecular weight is 303 g/mol. The molecule has 4 heteroatoms.